The molecule has 1 unspecified atom stereocenters. The molecule has 0 radical (unpaired) electrons. The van der Waals surface area contributed by atoms with Gasteiger partial charge in [-0.15, -0.1) is 11.8 Å². The second-order valence-electron chi connectivity index (χ2n) is 7.09. The molecule has 0 aromatic rings. The van der Waals surface area contributed by atoms with E-state index in [1.54, 1.807) is 6.08 Å². The number of ketones is 1. The number of unbranched alkanes of at least 4 members (excludes halogenated alkanes) is 8. The molecule has 1 aliphatic carbocycles. The highest BCUT2D eigenvalue weighted by Crippen LogP contribution is 2.39. The first-order chi connectivity index (χ1) is 12.4. The number of carbonyl (C=O) groups excluding carboxylic acids is 1. The van der Waals surface area contributed by atoms with Crippen LogP contribution in [0.4, 0.5) is 0 Å². The zero-order chi connectivity index (χ0) is 19.4. The molecule has 0 fully saturated rings. The van der Waals surface area contributed by atoms with Crippen molar-refractivity contribution in [1.29, 1.82) is 0 Å². The largest absolute Gasteiger partial charge is 0.481 e. The number of carboxylic acid groups (broad SMARTS) is 1. The number of aliphatic carboxylic acids is 1. The standard InChI is InChI=1S/C21H34O4S/c1-3-4-5-6-9-12-15-21(25)16-18(26-2)20(24)17(21)13-10-7-8-11-14-19(22)23/h13,16,25H,3-12,14-15H2,1-2H3,(H,22,23)/b17-13+. The predicted octanol–water partition coefficient (Wildman–Crippen LogP) is 5.26. The van der Waals surface area contributed by atoms with Gasteiger partial charge in [-0.2, -0.15) is 0 Å². The molecular weight excluding hydrogens is 348 g/mol. The average molecular weight is 383 g/mol. The summed E-state index contributed by atoms with van der Waals surface area (Å²) in [4.78, 5) is 23.7. The van der Waals surface area contributed by atoms with Crippen LogP contribution in [0.1, 0.15) is 84.0 Å². The fraction of sp³-hybridized carbons (Fsp3) is 0.714. The minimum Gasteiger partial charge on any atom is -0.481 e. The maximum Gasteiger partial charge on any atom is 0.303 e. The van der Waals surface area contributed by atoms with E-state index in [4.69, 9.17) is 5.11 Å². The zero-order valence-corrected chi connectivity index (χ0v) is 17.1. The first-order valence-corrected chi connectivity index (χ1v) is 11.1. The molecule has 1 atom stereocenters. The fourth-order valence-electron chi connectivity index (χ4n) is 3.34. The summed E-state index contributed by atoms with van der Waals surface area (Å²) in [5.74, 6) is -0.812. The van der Waals surface area contributed by atoms with Crippen LogP contribution in [0.5, 0.6) is 0 Å². The Balaban J connectivity index is 2.55. The summed E-state index contributed by atoms with van der Waals surface area (Å²) in [5, 5.41) is 19.7. The van der Waals surface area contributed by atoms with Gasteiger partial charge in [0.25, 0.3) is 0 Å². The smallest absolute Gasteiger partial charge is 0.303 e. The summed E-state index contributed by atoms with van der Waals surface area (Å²) < 4.78 is 0. The second-order valence-corrected chi connectivity index (χ2v) is 7.94. The molecule has 0 aromatic heterocycles. The number of carboxylic acids is 1. The molecule has 0 saturated carbocycles. The van der Waals surface area contributed by atoms with Gasteiger partial charge in [0.05, 0.1) is 4.91 Å². The number of allylic oxidation sites excluding steroid dienone is 2. The van der Waals surface area contributed by atoms with Gasteiger partial charge < -0.3 is 10.2 Å². The lowest BCUT2D eigenvalue weighted by molar-refractivity contribution is -0.137. The third-order valence-electron chi connectivity index (χ3n) is 4.88. The number of thioether (sulfide) groups is 1. The van der Waals surface area contributed by atoms with Crippen LogP contribution >= 0.6 is 11.8 Å². The number of hydrogen-bond acceptors (Lipinski definition) is 4. The minimum absolute atomic E-state index is 0.0449. The van der Waals surface area contributed by atoms with Gasteiger partial charge in [0.2, 0.25) is 0 Å². The average Bonchev–Trinajstić information content (AvgIpc) is 2.85. The number of hydrogen-bond donors (Lipinski definition) is 2. The van der Waals surface area contributed by atoms with Crippen LogP contribution < -0.4 is 0 Å². The number of rotatable bonds is 14. The maximum absolute atomic E-state index is 12.5. The quantitative estimate of drug-likeness (QED) is 0.317. The predicted molar refractivity (Wildman–Crippen MR) is 108 cm³/mol. The molecule has 26 heavy (non-hydrogen) atoms. The molecule has 0 saturated heterocycles. The van der Waals surface area contributed by atoms with E-state index in [-0.39, 0.29) is 12.2 Å². The lowest BCUT2D eigenvalue weighted by Crippen LogP contribution is -2.28. The summed E-state index contributed by atoms with van der Waals surface area (Å²) in [5.41, 5.74) is -0.602. The lowest BCUT2D eigenvalue weighted by Gasteiger charge is -2.22. The van der Waals surface area contributed by atoms with Crippen molar-refractivity contribution in [3.63, 3.8) is 0 Å². The van der Waals surface area contributed by atoms with Crippen LogP contribution in [0.3, 0.4) is 0 Å². The maximum atomic E-state index is 12.5. The lowest BCUT2D eigenvalue weighted by atomic mass is 9.89. The van der Waals surface area contributed by atoms with Gasteiger partial charge in [-0.3, -0.25) is 9.59 Å². The van der Waals surface area contributed by atoms with E-state index in [2.05, 4.69) is 6.92 Å². The highest BCUT2D eigenvalue weighted by atomic mass is 32.2. The summed E-state index contributed by atoms with van der Waals surface area (Å²) in [6.45, 7) is 2.19. The van der Waals surface area contributed by atoms with Crippen molar-refractivity contribution in [3.05, 3.63) is 22.6 Å². The third-order valence-corrected chi connectivity index (χ3v) is 5.62. The Morgan fingerprint density at radius 1 is 1.12 bits per heavy atom. The van der Waals surface area contributed by atoms with Crippen LogP contribution in [0, 0.1) is 0 Å². The molecule has 1 rings (SSSR count). The topological polar surface area (TPSA) is 74.6 Å². The van der Waals surface area contributed by atoms with Crippen molar-refractivity contribution >= 4 is 23.5 Å². The zero-order valence-electron chi connectivity index (χ0n) is 16.3. The monoisotopic (exact) mass is 382 g/mol. The summed E-state index contributed by atoms with van der Waals surface area (Å²) in [6, 6.07) is 0. The van der Waals surface area contributed by atoms with Crippen molar-refractivity contribution in [1.82, 2.24) is 0 Å². The molecule has 148 valence electrons. The van der Waals surface area contributed by atoms with Crippen molar-refractivity contribution in [2.75, 3.05) is 6.26 Å². The van der Waals surface area contributed by atoms with E-state index in [0.29, 0.717) is 29.7 Å². The van der Waals surface area contributed by atoms with Crippen molar-refractivity contribution in [2.45, 2.75) is 89.6 Å². The van der Waals surface area contributed by atoms with E-state index < -0.39 is 11.6 Å². The summed E-state index contributed by atoms with van der Waals surface area (Å²) in [7, 11) is 0. The Morgan fingerprint density at radius 2 is 1.77 bits per heavy atom. The van der Waals surface area contributed by atoms with Crippen LogP contribution in [-0.2, 0) is 9.59 Å². The Labute approximate surface area is 162 Å². The first-order valence-electron chi connectivity index (χ1n) is 9.91. The van der Waals surface area contributed by atoms with Crippen LogP contribution in [0.15, 0.2) is 22.6 Å². The van der Waals surface area contributed by atoms with Gasteiger partial charge in [-0.05, 0) is 44.4 Å². The van der Waals surface area contributed by atoms with Crippen molar-refractivity contribution < 1.29 is 19.8 Å². The number of Topliss-reactive ketones (excluding diaryl/α,β-unsaturated/α-hetero) is 1. The number of carbonyl (C=O) groups is 2. The molecule has 1 aliphatic rings. The van der Waals surface area contributed by atoms with E-state index in [0.717, 1.165) is 25.7 Å². The van der Waals surface area contributed by atoms with E-state index >= 15 is 0 Å². The Hall–Kier alpha value is -1.07. The third kappa shape index (κ3) is 7.67. The molecule has 0 aliphatic heterocycles. The number of aliphatic hydroxyl groups is 1. The first kappa shape index (κ1) is 23.0. The molecule has 0 heterocycles. The van der Waals surface area contributed by atoms with Gasteiger partial charge in [0.15, 0.2) is 5.78 Å². The molecule has 2 N–H and O–H groups in total. The Kier molecular flexibility index (Phi) is 10.9. The van der Waals surface area contributed by atoms with Crippen LogP contribution in [-0.4, -0.2) is 33.8 Å². The summed E-state index contributed by atoms with van der Waals surface area (Å²) in [6.07, 6.45) is 16.2. The van der Waals surface area contributed by atoms with Crippen LogP contribution in [0.2, 0.25) is 0 Å². The highest BCUT2D eigenvalue weighted by molar-refractivity contribution is 8.03. The van der Waals surface area contributed by atoms with E-state index in [1.165, 1.54) is 37.4 Å². The van der Waals surface area contributed by atoms with Gasteiger partial charge >= 0.3 is 5.97 Å². The van der Waals surface area contributed by atoms with Gasteiger partial charge in [-0.25, -0.2) is 0 Å². The molecule has 0 bridgehead atoms. The molecule has 4 nitrogen and oxygen atoms in total. The normalized spacial score (nSPS) is 21.4. The fourth-order valence-corrected chi connectivity index (χ4v) is 3.94. The molecular formula is C21H34O4S. The van der Waals surface area contributed by atoms with Crippen molar-refractivity contribution in [3.8, 4) is 0 Å². The SMILES string of the molecule is CCCCCCCCC1(O)C=C(SC)C(=O)/C1=C\CCCCCC(=O)O. The van der Waals surface area contributed by atoms with Crippen molar-refractivity contribution in [2.24, 2.45) is 0 Å². The molecule has 5 heteroatoms. The molecule has 0 amide bonds. The second kappa shape index (κ2) is 12.3. The van der Waals surface area contributed by atoms with E-state index in [1.807, 2.05) is 12.3 Å². The molecule has 0 aromatic carbocycles. The Morgan fingerprint density at radius 3 is 2.42 bits per heavy atom. The highest BCUT2D eigenvalue weighted by Gasteiger charge is 2.40. The summed E-state index contributed by atoms with van der Waals surface area (Å²) >= 11 is 1.39. The van der Waals surface area contributed by atoms with Gasteiger partial charge in [0, 0.05) is 12.0 Å². The van der Waals surface area contributed by atoms with Crippen LogP contribution in [0.25, 0.3) is 0 Å². The van der Waals surface area contributed by atoms with Gasteiger partial charge in [0.1, 0.15) is 5.60 Å². The minimum atomic E-state index is -1.12. The van der Waals surface area contributed by atoms with E-state index in [9.17, 15) is 14.7 Å². The molecule has 0 spiro atoms. The van der Waals surface area contributed by atoms with Gasteiger partial charge in [-0.1, -0.05) is 51.5 Å². The Bertz CT molecular complexity index is 524.